The van der Waals surface area contributed by atoms with Crippen molar-refractivity contribution in [1.29, 1.82) is 0 Å². The number of carbonyl (C=O) groups excluding carboxylic acids is 1. The number of pyridine rings is 2. The number of benzene rings is 2. The van der Waals surface area contributed by atoms with Crippen LogP contribution in [0.3, 0.4) is 0 Å². The van der Waals surface area contributed by atoms with Gasteiger partial charge in [0.1, 0.15) is 5.82 Å². The number of fused-ring (bicyclic) bond motifs is 3. The molecule has 38 heavy (non-hydrogen) atoms. The second-order valence-corrected chi connectivity index (χ2v) is 10.3. The van der Waals surface area contributed by atoms with Crippen LogP contribution in [0, 0.1) is 0 Å². The van der Waals surface area contributed by atoms with Crippen molar-refractivity contribution in [3.05, 3.63) is 97.1 Å². The molecule has 5 aromatic rings. The largest absolute Gasteiger partial charge is 0.352 e. The SMILES string of the molecule is Cn1cc(-c2cc(-c3ccc(N4CC5CC(C4)N5C(=O)Cc4ccccc4)nc3)c3cccnc3c2)cn1. The van der Waals surface area contributed by atoms with Crippen molar-refractivity contribution in [1.82, 2.24) is 24.6 Å². The van der Waals surface area contributed by atoms with Crippen molar-refractivity contribution in [2.24, 2.45) is 7.05 Å². The Bertz CT molecular complexity index is 1620. The molecule has 7 heteroatoms. The Morgan fingerprint density at radius 2 is 1.74 bits per heavy atom. The maximum atomic E-state index is 13.0. The lowest BCUT2D eigenvalue weighted by Gasteiger charge is -2.56. The number of nitrogens with zero attached hydrogens (tertiary/aromatic N) is 6. The van der Waals surface area contributed by atoms with Crippen LogP contribution < -0.4 is 4.90 Å². The molecule has 3 fully saturated rings. The molecule has 0 radical (unpaired) electrons. The molecule has 3 aliphatic rings. The molecule has 3 aliphatic heterocycles. The molecule has 3 aromatic heterocycles. The Kier molecular flexibility index (Phi) is 5.43. The van der Waals surface area contributed by atoms with Gasteiger partial charge in [-0.15, -0.1) is 0 Å². The summed E-state index contributed by atoms with van der Waals surface area (Å²) >= 11 is 0. The summed E-state index contributed by atoms with van der Waals surface area (Å²) in [7, 11) is 1.93. The molecule has 188 valence electrons. The molecule has 2 unspecified atom stereocenters. The van der Waals surface area contributed by atoms with Gasteiger partial charge in [-0.05, 0) is 53.4 Å². The van der Waals surface area contributed by atoms with Crippen LogP contribution in [0.15, 0.2) is 91.5 Å². The third kappa shape index (κ3) is 4.00. The van der Waals surface area contributed by atoms with Crippen molar-refractivity contribution in [3.8, 4) is 22.3 Å². The summed E-state index contributed by atoms with van der Waals surface area (Å²) in [6.07, 6.45) is 9.24. The van der Waals surface area contributed by atoms with E-state index in [1.165, 1.54) is 0 Å². The van der Waals surface area contributed by atoms with Crippen LogP contribution in [0.2, 0.25) is 0 Å². The number of aryl methyl sites for hydroxylation is 1. The molecule has 8 rings (SSSR count). The molecule has 2 bridgehead atoms. The van der Waals surface area contributed by atoms with Gasteiger partial charge >= 0.3 is 0 Å². The molecule has 0 saturated carbocycles. The Labute approximate surface area is 221 Å². The average Bonchev–Trinajstić information content (AvgIpc) is 3.39. The third-order valence-corrected chi connectivity index (χ3v) is 7.82. The molecule has 1 amide bonds. The molecule has 2 aromatic carbocycles. The summed E-state index contributed by atoms with van der Waals surface area (Å²) in [5, 5.41) is 5.44. The van der Waals surface area contributed by atoms with Crippen LogP contribution in [-0.4, -0.2) is 55.7 Å². The molecule has 3 saturated heterocycles. The van der Waals surface area contributed by atoms with Gasteiger partial charge in [-0.1, -0.05) is 36.4 Å². The first-order valence-corrected chi connectivity index (χ1v) is 13.1. The predicted molar refractivity (Wildman–Crippen MR) is 149 cm³/mol. The molecule has 7 nitrogen and oxygen atoms in total. The Morgan fingerprint density at radius 3 is 2.47 bits per heavy atom. The number of piperazine rings is 1. The molecule has 6 heterocycles. The smallest absolute Gasteiger partial charge is 0.227 e. The molecule has 0 aliphatic carbocycles. The van der Waals surface area contributed by atoms with Gasteiger partial charge in [-0.3, -0.25) is 14.5 Å². The second-order valence-electron chi connectivity index (χ2n) is 10.3. The zero-order valence-corrected chi connectivity index (χ0v) is 21.2. The lowest BCUT2D eigenvalue weighted by Crippen LogP contribution is -2.70. The highest BCUT2D eigenvalue weighted by Gasteiger charge is 2.47. The van der Waals surface area contributed by atoms with E-state index in [-0.39, 0.29) is 18.0 Å². The minimum atomic E-state index is 0.231. The van der Waals surface area contributed by atoms with E-state index in [0.29, 0.717) is 6.42 Å². The number of hydrogen-bond acceptors (Lipinski definition) is 5. The monoisotopic (exact) mass is 500 g/mol. The van der Waals surface area contributed by atoms with Gasteiger partial charge in [0.25, 0.3) is 0 Å². The number of piperidine rings is 1. The minimum absolute atomic E-state index is 0.231. The van der Waals surface area contributed by atoms with E-state index >= 15 is 0 Å². The van der Waals surface area contributed by atoms with Crippen molar-refractivity contribution in [3.63, 3.8) is 0 Å². The van der Waals surface area contributed by atoms with E-state index in [9.17, 15) is 4.79 Å². The third-order valence-electron chi connectivity index (χ3n) is 7.82. The van der Waals surface area contributed by atoms with Crippen LogP contribution >= 0.6 is 0 Å². The number of aromatic nitrogens is 4. The molecule has 2 atom stereocenters. The maximum Gasteiger partial charge on any atom is 0.227 e. The van der Waals surface area contributed by atoms with Gasteiger partial charge in [0.05, 0.1) is 30.2 Å². The van der Waals surface area contributed by atoms with Crippen molar-refractivity contribution in [2.45, 2.75) is 24.9 Å². The lowest BCUT2D eigenvalue weighted by molar-refractivity contribution is -0.145. The van der Waals surface area contributed by atoms with E-state index < -0.39 is 0 Å². The van der Waals surface area contributed by atoms with Crippen LogP contribution in [0.5, 0.6) is 0 Å². The Hall–Kier alpha value is -4.52. The molecule has 0 spiro atoms. The molecule has 0 N–H and O–H groups in total. The summed E-state index contributed by atoms with van der Waals surface area (Å²) in [6, 6.07) is 23.2. The van der Waals surface area contributed by atoms with Crippen molar-refractivity contribution in [2.75, 3.05) is 18.0 Å². The van der Waals surface area contributed by atoms with Gasteiger partial charge in [0.2, 0.25) is 5.91 Å². The minimum Gasteiger partial charge on any atom is -0.352 e. The van der Waals surface area contributed by atoms with E-state index in [1.807, 2.05) is 72.9 Å². The van der Waals surface area contributed by atoms with Gasteiger partial charge in [-0.2, -0.15) is 5.10 Å². The lowest BCUT2D eigenvalue weighted by atomic mass is 9.86. The fourth-order valence-electron chi connectivity index (χ4n) is 5.96. The fourth-order valence-corrected chi connectivity index (χ4v) is 5.96. The first-order valence-electron chi connectivity index (χ1n) is 13.1. The van der Waals surface area contributed by atoms with Crippen molar-refractivity contribution >= 4 is 22.6 Å². The zero-order chi connectivity index (χ0) is 25.6. The van der Waals surface area contributed by atoms with Gasteiger partial charge in [-0.25, -0.2) is 4.98 Å². The maximum absolute atomic E-state index is 13.0. The van der Waals surface area contributed by atoms with E-state index in [4.69, 9.17) is 4.98 Å². The topological polar surface area (TPSA) is 67.2 Å². The Balaban J connectivity index is 1.11. The normalized spacial score (nSPS) is 18.4. The molecular weight excluding hydrogens is 472 g/mol. The van der Waals surface area contributed by atoms with Crippen LogP contribution in [-0.2, 0) is 18.3 Å². The quantitative estimate of drug-likeness (QED) is 0.349. The van der Waals surface area contributed by atoms with Gasteiger partial charge in [0, 0.05) is 55.2 Å². The Morgan fingerprint density at radius 1 is 0.895 bits per heavy atom. The first-order chi connectivity index (χ1) is 18.6. The standard InChI is InChI=1S/C31H28N6O/c1-35-18-24(17-34-35)23-13-28(27-8-5-11-32-29(27)14-23)22-9-10-30(33-16-22)36-19-25-15-26(20-36)37(25)31(38)12-21-6-3-2-4-7-21/h2-11,13-14,16-18,25-26H,12,15,19-20H2,1H3. The van der Waals surface area contributed by atoms with E-state index in [2.05, 4.69) is 50.2 Å². The van der Waals surface area contributed by atoms with Crippen LogP contribution in [0.25, 0.3) is 33.2 Å². The number of hydrogen-bond donors (Lipinski definition) is 0. The van der Waals surface area contributed by atoms with Gasteiger partial charge in [0.15, 0.2) is 0 Å². The van der Waals surface area contributed by atoms with Crippen LogP contribution in [0.1, 0.15) is 12.0 Å². The number of amides is 1. The average molecular weight is 501 g/mol. The predicted octanol–water partition coefficient (Wildman–Crippen LogP) is 4.73. The number of rotatable bonds is 5. The van der Waals surface area contributed by atoms with Crippen molar-refractivity contribution < 1.29 is 4.79 Å². The summed E-state index contributed by atoms with van der Waals surface area (Å²) in [6.45, 7) is 1.65. The highest BCUT2D eigenvalue weighted by Crippen LogP contribution is 2.36. The number of carbonyl (C=O) groups is 1. The number of anilines is 1. The summed E-state index contributed by atoms with van der Waals surface area (Å²) in [5.41, 5.74) is 6.33. The zero-order valence-electron chi connectivity index (χ0n) is 21.2. The highest BCUT2D eigenvalue weighted by atomic mass is 16.2. The van der Waals surface area contributed by atoms with Crippen LogP contribution in [0.4, 0.5) is 5.82 Å². The van der Waals surface area contributed by atoms with E-state index in [0.717, 1.165) is 64.0 Å². The highest BCUT2D eigenvalue weighted by molar-refractivity contribution is 5.98. The summed E-state index contributed by atoms with van der Waals surface area (Å²) < 4.78 is 1.81. The van der Waals surface area contributed by atoms with Gasteiger partial charge < -0.3 is 9.80 Å². The first kappa shape index (κ1) is 22.7. The molecular formula is C31H28N6O. The summed E-state index contributed by atoms with van der Waals surface area (Å²) in [4.78, 5) is 26.9. The fraction of sp³-hybridized carbons (Fsp3) is 0.226. The van der Waals surface area contributed by atoms with E-state index in [1.54, 1.807) is 0 Å². The summed E-state index contributed by atoms with van der Waals surface area (Å²) in [5.74, 6) is 1.19. The second kappa shape index (κ2) is 9.10.